The molecule has 0 radical (unpaired) electrons. The van der Waals surface area contributed by atoms with Gasteiger partial charge in [0.2, 0.25) is 0 Å². The van der Waals surface area contributed by atoms with Crippen molar-refractivity contribution in [3.63, 3.8) is 0 Å². The van der Waals surface area contributed by atoms with Crippen LogP contribution < -0.4 is 5.43 Å². The number of rotatable bonds is 3. The van der Waals surface area contributed by atoms with Gasteiger partial charge in [-0.1, -0.05) is 40.9 Å². The van der Waals surface area contributed by atoms with Gasteiger partial charge in [0, 0.05) is 11.1 Å². The second kappa shape index (κ2) is 6.68. The number of nitrogens with zero attached hydrogens (tertiary/aromatic N) is 1. The summed E-state index contributed by atoms with van der Waals surface area (Å²) in [6, 6.07) is 8.24. The topological polar surface area (TPSA) is 81.9 Å². The van der Waals surface area contributed by atoms with Crippen LogP contribution in [0.5, 0.6) is 11.5 Å². The molecule has 0 atom stereocenters. The van der Waals surface area contributed by atoms with Gasteiger partial charge in [0.1, 0.15) is 10.8 Å². The van der Waals surface area contributed by atoms with E-state index in [0.717, 1.165) is 5.56 Å². The van der Waals surface area contributed by atoms with E-state index in [0.29, 0.717) is 5.56 Å². The molecule has 0 fully saturated rings. The molecule has 0 unspecified atom stereocenters. The van der Waals surface area contributed by atoms with Crippen LogP contribution in [-0.2, 0) is 0 Å². The molecular weight excluding hydrogens is 327 g/mol. The third kappa shape index (κ3) is 3.50. The summed E-state index contributed by atoms with van der Waals surface area (Å²) in [6.07, 6.45) is 1.18. The quantitative estimate of drug-likeness (QED) is 0.591. The first-order valence-corrected chi connectivity index (χ1v) is 6.95. The van der Waals surface area contributed by atoms with E-state index in [-0.39, 0.29) is 21.4 Å². The number of hydrogen-bond acceptors (Lipinski definition) is 4. The number of phenolic OH excluding ortho intramolecular Hbond substituents is 2. The number of amides is 1. The second-order valence-corrected chi connectivity index (χ2v) is 5.31. The van der Waals surface area contributed by atoms with Crippen molar-refractivity contribution in [2.75, 3.05) is 0 Å². The second-order valence-electron chi connectivity index (χ2n) is 4.52. The zero-order chi connectivity index (χ0) is 16.3. The molecule has 7 heteroatoms. The lowest BCUT2D eigenvalue weighted by molar-refractivity contribution is 0.0955. The Labute approximate surface area is 136 Å². The number of benzene rings is 2. The largest absolute Gasteiger partial charge is 0.506 e. The molecule has 5 nitrogen and oxygen atoms in total. The van der Waals surface area contributed by atoms with E-state index in [1.165, 1.54) is 12.3 Å². The summed E-state index contributed by atoms with van der Waals surface area (Å²) in [4.78, 5) is 11.8. The van der Waals surface area contributed by atoms with Crippen molar-refractivity contribution >= 4 is 35.3 Å². The van der Waals surface area contributed by atoms with Gasteiger partial charge in [-0.15, -0.1) is 0 Å². The third-order valence-corrected chi connectivity index (χ3v) is 3.53. The number of aromatic hydroxyl groups is 2. The van der Waals surface area contributed by atoms with E-state index < -0.39 is 11.7 Å². The van der Waals surface area contributed by atoms with Crippen molar-refractivity contribution in [3.05, 3.63) is 57.1 Å². The lowest BCUT2D eigenvalue weighted by Crippen LogP contribution is -2.17. The van der Waals surface area contributed by atoms with Crippen LogP contribution in [0.4, 0.5) is 0 Å². The summed E-state index contributed by atoms with van der Waals surface area (Å²) in [5.74, 6) is -1.19. The Hall–Kier alpha value is -2.24. The van der Waals surface area contributed by atoms with Crippen molar-refractivity contribution in [1.29, 1.82) is 0 Å². The van der Waals surface area contributed by atoms with E-state index in [4.69, 9.17) is 23.2 Å². The van der Waals surface area contributed by atoms with Gasteiger partial charge in [-0.05, 0) is 25.1 Å². The lowest BCUT2D eigenvalue weighted by atomic mass is 10.1. The van der Waals surface area contributed by atoms with Gasteiger partial charge < -0.3 is 10.2 Å². The molecule has 3 N–H and O–H groups in total. The fraction of sp³-hybridized carbons (Fsp3) is 0.0667. The fourth-order valence-electron chi connectivity index (χ4n) is 1.65. The van der Waals surface area contributed by atoms with E-state index in [1.54, 1.807) is 12.1 Å². The highest BCUT2D eigenvalue weighted by Crippen LogP contribution is 2.40. The fourth-order valence-corrected chi connectivity index (χ4v) is 2.12. The molecule has 0 aromatic heterocycles. The summed E-state index contributed by atoms with van der Waals surface area (Å²) in [6.45, 7) is 1.92. The van der Waals surface area contributed by atoms with Crippen LogP contribution in [0.3, 0.4) is 0 Å². The van der Waals surface area contributed by atoms with Gasteiger partial charge >= 0.3 is 0 Å². The number of halogens is 2. The summed E-state index contributed by atoms with van der Waals surface area (Å²) in [7, 11) is 0. The molecule has 0 bridgehead atoms. The van der Waals surface area contributed by atoms with Gasteiger partial charge in [-0.25, -0.2) is 5.43 Å². The van der Waals surface area contributed by atoms with E-state index in [9.17, 15) is 15.0 Å². The van der Waals surface area contributed by atoms with Crippen LogP contribution in [-0.4, -0.2) is 22.3 Å². The van der Waals surface area contributed by atoms with Crippen LogP contribution in [0, 0.1) is 6.92 Å². The molecule has 0 aliphatic carbocycles. The first kappa shape index (κ1) is 16.1. The van der Waals surface area contributed by atoms with Crippen LogP contribution >= 0.6 is 23.2 Å². The van der Waals surface area contributed by atoms with Crippen molar-refractivity contribution in [1.82, 2.24) is 5.43 Å². The first-order valence-electron chi connectivity index (χ1n) is 6.20. The molecule has 0 saturated heterocycles. The Balaban J connectivity index is 2.13. The average Bonchev–Trinajstić information content (AvgIpc) is 2.50. The number of hydrogen-bond donors (Lipinski definition) is 3. The zero-order valence-electron chi connectivity index (χ0n) is 11.5. The summed E-state index contributed by atoms with van der Waals surface area (Å²) in [5.41, 5.74) is 3.97. The highest BCUT2D eigenvalue weighted by Gasteiger charge is 2.13. The number of aryl methyl sites for hydroxylation is 1. The molecular formula is C15H12Cl2N2O3. The number of carbonyl (C=O) groups is 1. The van der Waals surface area contributed by atoms with E-state index in [2.05, 4.69) is 10.5 Å². The smallest absolute Gasteiger partial charge is 0.271 e. The van der Waals surface area contributed by atoms with E-state index in [1.807, 2.05) is 19.1 Å². The van der Waals surface area contributed by atoms with Crippen LogP contribution in [0.25, 0.3) is 0 Å². The lowest BCUT2D eigenvalue weighted by Gasteiger charge is -2.05. The number of nitrogens with one attached hydrogen (secondary N) is 1. The Bertz CT molecular complexity index is 743. The van der Waals surface area contributed by atoms with Crippen LogP contribution in [0.1, 0.15) is 21.5 Å². The average molecular weight is 339 g/mol. The summed E-state index contributed by atoms with van der Waals surface area (Å²) >= 11 is 11.5. The molecule has 1 amide bonds. The van der Waals surface area contributed by atoms with Crippen molar-refractivity contribution in [2.24, 2.45) is 5.10 Å². The molecule has 114 valence electrons. The maximum Gasteiger partial charge on any atom is 0.271 e. The third-order valence-electron chi connectivity index (χ3n) is 2.88. The number of hydrazone groups is 1. The zero-order valence-corrected chi connectivity index (χ0v) is 13.0. The maximum absolute atomic E-state index is 11.8. The van der Waals surface area contributed by atoms with Gasteiger partial charge in [0.15, 0.2) is 5.75 Å². The maximum atomic E-state index is 11.8. The standard InChI is InChI=1S/C15H12Cl2N2O3/c1-8-2-4-9(5-3-8)15(22)19-18-7-10-6-11(16)14(21)12(17)13(10)20/h2-7,20-21H,1H3,(H,19,22)/b18-7-. The molecule has 0 aliphatic rings. The molecule has 0 saturated carbocycles. The minimum Gasteiger partial charge on any atom is -0.506 e. The van der Waals surface area contributed by atoms with Gasteiger partial charge in [0.25, 0.3) is 5.91 Å². The van der Waals surface area contributed by atoms with Crippen LogP contribution in [0.2, 0.25) is 10.0 Å². The predicted molar refractivity (Wildman–Crippen MR) is 86.0 cm³/mol. The van der Waals surface area contributed by atoms with Gasteiger partial charge in [0.05, 0.1) is 11.2 Å². The Morgan fingerprint density at radius 2 is 1.82 bits per heavy atom. The van der Waals surface area contributed by atoms with Gasteiger partial charge in [-0.2, -0.15) is 5.10 Å². The first-order chi connectivity index (χ1) is 10.4. The van der Waals surface area contributed by atoms with Crippen molar-refractivity contribution < 1.29 is 15.0 Å². The molecule has 0 heterocycles. The minimum absolute atomic E-state index is 0.0332. The minimum atomic E-state index is -0.415. The number of carbonyl (C=O) groups excluding carboxylic acids is 1. The summed E-state index contributed by atoms with van der Waals surface area (Å²) < 4.78 is 0. The SMILES string of the molecule is Cc1ccc(C(=O)N/N=C\c2cc(Cl)c(O)c(Cl)c2O)cc1. The molecule has 0 spiro atoms. The number of phenols is 2. The molecule has 0 aliphatic heterocycles. The van der Waals surface area contributed by atoms with Crippen LogP contribution in [0.15, 0.2) is 35.4 Å². The normalized spacial score (nSPS) is 10.9. The molecule has 2 aromatic rings. The highest BCUT2D eigenvalue weighted by molar-refractivity contribution is 6.38. The van der Waals surface area contributed by atoms with E-state index >= 15 is 0 Å². The Morgan fingerprint density at radius 3 is 2.45 bits per heavy atom. The highest BCUT2D eigenvalue weighted by atomic mass is 35.5. The van der Waals surface area contributed by atoms with Gasteiger partial charge in [-0.3, -0.25) is 4.79 Å². The molecule has 2 aromatic carbocycles. The van der Waals surface area contributed by atoms with Crippen molar-refractivity contribution in [3.8, 4) is 11.5 Å². The van der Waals surface area contributed by atoms with Crippen molar-refractivity contribution in [2.45, 2.75) is 6.92 Å². The monoisotopic (exact) mass is 338 g/mol. The summed E-state index contributed by atoms with van der Waals surface area (Å²) in [5, 5.41) is 22.6. The molecule has 2 rings (SSSR count). The Kier molecular flexibility index (Phi) is 4.90. The Morgan fingerprint density at radius 1 is 1.18 bits per heavy atom. The predicted octanol–water partition coefficient (Wildman–Crippen LogP) is 3.48. The molecule has 22 heavy (non-hydrogen) atoms.